The Morgan fingerprint density at radius 1 is 1.04 bits per heavy atom. The van der Waals surface area contributed by atoms with Gasteiger partial charge in [-0.15, -0.1) is 0 Å². The third-order valence-corrected chi connectivity index (χ3v) is 4.16. The minimum absolute atomic E-state index is 0.0597. The molecule has 2 aromatic carbocycles. The zero-order valence-corrected chi connectivity index (χ0v) is 15.3. The van der Waals surface area contributed by atoms with Crippen LogP contribution in [0.25, 0.3) is 0 Å². The highest BCUT2D eigenvalue weighted by molar-refractivity contribution is 5.76. The number of anilines is 1. The molecular formula is C21H28N2O2. The maximum absolute atomic E-state index is 12.0. The highest BCUT2D eigenvalue weighted by Crippen LogP contribution is 2.23. The van der Waals surface area contributed by atoms with Crippen molar-refractivity contribution in [1.29, 1.82) is 0 Å². The lowest BCUT2D eigenvalue weighted by Crippen LogP contribution is -2.27. The SMILES string of the molecule is COc1ccccc1CCNC(=O)CCNc1ccccc1C(C)C. The fraction of sp³-hybridized carbons (Fsp3) is 0.381. The van der Waals surface area contributed by atoms with Crippen LogP contribution < -0.4 is 15.4 Å². The summed E-state index contributed by atoms with van der Waals surface area (Å²) in [6.07, 6.45) is 1.22. The first-order valence-electron chi connectivity index (χ1n) is 8.83. The van der Waals surface area contributed by atoms with E-state index in [1.165, 1.54) is 5.56 Å². The Hall–Kier alpha value is -2.49. The largest absolute Gasteiger partial charge is 0.496 e. The third kappa shape index (κ3) is 5.82. The fourth-order valence-electron chi connectivity index (χ4n) is 2.81. The van der Waals surface area contributed by atoms with Gasteiger partial charge in [-0.3, -0.25) is 4.79 Å². The summed E-state index contributed by atoms with van der Waals surface area (Å²) in [7, 11) is 1.66. The number of nitrogens with one attached hydrogen (secondary N) is 2. The van der Waals surface area contributed by atoms with Crippen LogP contribution in [-0.4, -0.2) is 26.1 Å². The monoisotopic (exact) mass is 340 g/mol. The summed E-state index contributed by atoms with van der Waals surface area (Å²) in [5, 5.41) is 6.34. The van der Waals surface area contributed by atoms with Gasteiger partial charge in [0.1, 0.15) is 5.75 Å². The Kier molecular flexibility index (Phi) is 7.33. The highest BCUT2D eigenvalue weighted by Gasteiger charge is 2.07. The molecule has 0 saturated heterocycles. The van der Waals surface area contributed by atoms with Gasteiger partial charge < -0.3 is 15.4 Å². The standard InChI is InChI=1S/C21H28N2O2/c1-16(2)18-9-5-6-10-19(18)22-15-13-21(24)23-14-12-17-8-4-7-11-20(17)25-3/h4-11,16,22H,12-15H2,1-3H3,(H,23,24). The molecule has 0 saturated carbocycles. The molecule has 2 N–H and O–H groups in total. The minimum Gasteiger partial charge on any atom is -0.496 e. The first-order valence-corrected chi connectivity index (χ1v) is 8.83. The molecule has 2 aromatic rings. The summed E-state index contributed by atoms with van der Waals surface area (Å²) in [4.78, 5) is 12.0. The van der Waals surface area contributed by atoms with Crippen LogP contribution in [0, 0.1) is 0 Å². The number of benzene rings is 2. The molecule has 4 nitrogen and oxygen atoms in total. The molecule has 4 heteroatoms. The van der Waals surface area contributed by atoms with Gasteiger partial charge in [-0.05, 0) is 35.6 Å². The van der Waals surface area contributed by atoms with E-state index in [0.29, 0.717) is 25.4 Å². The van der Waals surface area contributed by atoms with Crippen molar-refractivity contribution in [2.75, 3.05) is 25.5 Å². The molecule has 0 radical (unpaired) electrons. The highest BCUT2D eigenvalue weighted by atomic mass is 16.5. The molecule has 0 spiro atoms. The molecule has 134 valence electrons. The van der Waals surface area contributed by atoms with Crippen molar-refractivity contribution >= 4 is 11.6 Å². The molecule has 0 bridgehead atoms. The van der Waals surface area contributed by atoms with Crippen LogP contribution >= 0.6 is 0 Å². The second kappa shape index (κ2) is 9.72. The average molecular weight is 340 g/mol. The molecule has 0 aliphatic rings. The Balaban J connectivity index is 1.73. The number of para-hydroxylation sites is 2. The normalized spacial score (nSPS) is 10.6. The van der Waals surface area contributed by atoms with E-state index in [-0.39, 0.29) is 5.91 Å². The quantitative estimate of drug-likeness (QED) is 0.726. The maximum atomic E-state index is 12.0. The second-order valence-corrected chi connectivity index (χ2v) is 6.33. The molecule has 25 heavy (non-hydrogen) atoms. The van der Waals surface area contributed by atoms with Gasteiger partial charge in [0.2, 0.25) is 5.91 Å². The van der Waals surface area contributed by atoms with Gasteiger partial charge in [-0.1, -0.05) is 50.2 Å². The minimum atomic E-state index is 0.0597. The number of rotatable bonds is 9. The van der Waals surface area contributed by atoms with Gasteiger partial charge in [0.05, 0.1) is 7.11 Å². The van der Waals surface area contributed by atoms with Crippen molar-refractivity contribution in [3.05, 3.63) is 59.7 Å². The van der Waals surface area contributed by atoms with E-state index >= 15 is 0 Å². The van der Waals surface area contributed by atoms with E-state index in [0.717, 1.165) is 23.4 Å². The van der Waals surface area contributed by atoms with E-state index in [1.807, 2.05) is 36.4 Å². The molecule has 0 aliphatic carbocycles. The molecule has 0 heterocycles. The van der Waals surface area contributed by atoms with Crippen LogP contribution in [0.5, 0.6) is 5.75 Å². The number of ether oxygens (including phenoxy) is 1. The molecule has 1 amide bonds. The van der Waals surface area contributed by atoms with Crippen LogP contribution in [-0.2, 0) is 11.2 Å². The lowest BCUT2D eigenvalue weighted by molar-refractivity contribution is -0.120. The number of hydrogen-bond donors (Lipinski definition) is 2. The average Bonchev–Trinajstić information content (AvgIpc) is 2.62. The lowest BCUT2D eigenvalue weighted by Gasteiger charge is -2.14. The Labute approximate surface area is 150 Å². The van der Waals surface area contributed by atoms with E-state index < -0.39 is 0 Å². The van der Waals surface area contributed by atoms with Crippen molar-refractivity contribution in [2.24, 2.45) is 0 Å². The Bertz CT molecular complexity index is 683. The molecule has 0 fully saturated rings. The van der Waals surface area contributed by atoms with Crippen molar-refractivity contribution in [2.45, 2.75) is 32.6 Å². The van der Waals surface area contributed by atoms with Crippen LogP contribution in [0.15, 0.2) is 48.5 Å². The Morgan fingerprint density at radius 3 is 2.52 bits per heavy atom. The first kappa shape index (κ1) is 18.8. The van der Waals surface area contributed by atoms with Gasteiger partial charge in [0.15, 0.2) is 0 Å². The van der Waals surface area contributed by atoms with Crippen molar-refractivity contribution < 1.29 is 9.53 Å². The van der Waals surface area contributed by atoms with Crippen molar-refractivity contribution in [3.8, 4) is 5.75 Å². The van der Waals surface area contributed by atoms with Crippen LogP contribution in [0.1, 0.15) is 37.3 Å². The number of hydrogen-bond acceptors (Lipinski definition) is 3. The second-order valence-electron chi connectivity index (χ2n) is 6.33. The van der Waals surface area contributed by atoms with Crippen molar-refractivity contribution in [3.63, 3.8) is 0 Å². The summed E-state index contributed by atoms with van der Waals surface area (Å²) < 4.78 is 5.32. The van der Waals surface area contributed by atoms with Crippen LogP contribution in [0.3, 0.4) is 0 Å². The predicted molar refractivity (Wildman–Crippen MR) is 103 cm³/mol. The predicted octanol–water partition coefficient (Wildman–Crippen LogP) is 3.98. The van der Waals surface area contributed by atoms with Crippen molar-refractivity contribution in [1.82, 2.24) is 5.32 Å². The van der Waals surface area contributed by atoms with Gasteiger partial charge >= 0.3 is 0 Å². The maximum Gasteiger partial charge on any atom is 0.221 e. The molecule has 2 rings (SSSR count). The lowest BCUT2D eigenvalue weighted by atomic mass is 10.0. The molecule has 0 unspecified atom stereocenters. The summed E-state index contributed by atoms with van der Waals surface area (Å²) >= 11 is 0. The summed E-state index contributed by atoms with van der Waals surface area (Å²) in [5.41, 5.74) is 3.49. The van der Waals surface area contributed by atoms with E-state index in [9.17, 15) is 4.79 Å². The first-order chi connectivity index (χ1) is 12.1. The Morgan fingerprint density at radius 2 is 1.76 bits per heavy atom. The molecule has 0 aliphatic heterocycles. The summed E-state index contributed by atoms with van der Waals surface area (Å²) in [6.45, 7) is 5.59. The van der Waals surface area contributed by atoms with Gasteiger partial charge in [0, 0.05) is 25.2 Å². The van der Waals surface area contributed by atoms with E-state index in [2.05, 4.69) is 36.6 Å². The molecular weight excluding hydrogens is 312 g/mol. The summed E-state index contributed by atoms with van der Waals surface area (Å²) in [5.74, 6) is 1.38. The topological polar surface area (TPSA) is 50.4 Å². The smallest absolute Gasteiger partial charge is 0.221 e. The zero-order chi connectivity index (χ0) is 18.1. The van der Waals surface area contributed by atoms with E-state index in [4.69, 9.17) is 4.74 Å². The van der Waals surface area contributed by atoms with Gasteiger partial charge in [-0.2, -0.15) is 0 Å². The number of methoxy groups -OCH3 is 1. The van der Waals surface area contributed by atoms with Gasteiger partial charge in [0.25, 0.3) is 0 Å². The molecule has 0 aromatic heterocycles. The number of amides is 1. The molecule has 0 atom stereocenters. The van der Waals surface area contributed by atoms with E-state index in [1.54, 1.807) is 7.11 Å². The summed E-state index contributed by atoms with van der Waals surface area (Å²) in [6, 6.07) is 16.1. The zero-order valence-electron chi connectivity index (χ0n) is 15.3. The number of carbonyl (C=O) groups excluding carboxylic acids is 1. The fourth-order valence-corrected chi connectivity index (χ4v) is 2.81. The van der Waals surface area contributed by atoms with Gasteiger partial charge in [-0.25, -0.2) is 0 Å². The van der Waals surface area contributed by atoms with Crippen LogP contribution in [0.2, 0.25) is 0 Å². The number of carbonyl (C=O) groups is 1. The third-order valence-electron chi connectivity index (χ3n) is 4.16. The van der Waals surface area contributed by atoms with Crippen LogP contribution in [0.4, 0.5) is 5.69 Å².